The molecule has 3 aromatic carbocycles. The molecule has 0 unspecified atom stereocenters. The van der Waals surface area contributed by atoms with E-state index in [-0.39, 0.29) is 24.4 Å². The quantitative estimate of drug-likeness (QED) is 0.557. The second kappa shape index (κ2) is 8.48. The van der Waals surface area contributed by atoms with Crippen LogP contribution in [0.4, 0.5) is 10.1 Å². The highest BCUT2D eigenvalue weighted by atomic mass is 19.1. The number of halogens is 1. The Hall–Kier alpha value is -3.80. The molecule has 0 spiro atoms. The van der Waals surface area contributed by atoms with Crippen molar-refractivity contribution in [3.05, 3.63) is 102 Å². The Morgan fingerprint density at radius 3 is 2.45 bits per heavy atom. The monoisotopic (exact) mass is 389 g/mol. The first kappa shape index (κ1) is 18.6. The van der Waals surface area contributed by atoms with Crippen molar-refractivity contribution in [2.75, 3.05) is 11.9 Å². The van der Waals surface area contributed by atoms with Crippen molar-refractivity contribution in [3.8, 4) is 5.75 Å². The molecule has 3 N–H and O–H groups in total. The van der Waals surface area contributed by atoms with E-state index in [1.54, 1.807) is 12.1 Å². The molecule has 0 saturated heterocycles. The van der Waals surface area contributed by atoms with Crippen LogP contribution in [-0.2, 0) is 4.79 Å². The van der Waals surface area contributed by atoms with Gasteiger partial charge in [-0.2, -0.15) is 0 Å². The van der Waals surface area contributed by atoms with E-state index >= 15 is 0 Å². The van der Waals surface area contributed by atoms with Crippen molar-refractivity contribution in [2.45, 2.75) is 6.10 Å². The maximum absolute atomic E-state index is 13.0. The zero-order valence-corrected chi connectivity index (χ0v) is 15.6. The number of nitrogens with one attached hydrogen (secondary N) is 3. The fraction of sp³-hybridized carbons (Fsp3) is 0.0870. The van der Waals surface area contributed by atoms with E-state index in [9.17, 15) is 9.18 Å². The van der Waals surface area contributed by atoms with Gasteiger partial charge in [-0.1, -0.05) is 42.5 Å². The number of ether oxygens (including phenoxy) is 1. The van der Waals surface area contributed by atoms with Crippen molar-refractivity contribution in [2.24, 2.45) is 0 Å². The van der Waals surface area contributed by atoms with Gasteiger partial charge in [-0.3, -0.25) is 15.6 Å². The van der Waals surface area contributed by atoms with Gasteiger partial charge in [0.25, 0.3) is 5.91 Å². The van der Waals surface area contributed by atoms with E-state index in [0.717, 1.165) is 22.6 Å². The summed E-state index contributed by atoms with van der Waals surface area (Å²) in [7, 11) is 0. The first-order valence-electron chi connectivity index (χ1n) is 9.26. The van der Waals surface area contributed by atoms with E-state index in [2.05, 4.69) is 16.2 Å². The van der Waals surface area contributed by atoms with Gasteiger partial charge in [-0.15, -0.1) is 0 Å². The van der Waals surface area contributed by atoms with Crippen LogP contribution < -0.4 is 20.9 Å². The number of hydrogen-bond donors (Lipinski definition) is 3. The second-order valence-corrected chi connectivity index (χ2v) is 6.56. The third kappa shape index (κ3) is 4.55. The molecule has 29 heavy (non-hydrogen) atoms. The Kier molecular flexibility index (Phi) is 5.42. The van der Waals surface area contributed by atoms with Crippen molar-refractivity contribution in [1.29, 1.82) is 0 Å². The Bertz CT molecular complexity index is 1020. The Balaban J connectivity index is 1.43. The highest BCUT2D eigenvalue weighted by Gasteiger charge is 2.22. The molecule has 0 aliphatic carbocycles. The van der Waals surface area contributed by atoms with Gasteiger partial charge in [-0.05, 0) is 48.0 Å². The van der Waals surface area contributed by atoms with Gasteiger partial charge >= 0.3 is 0 Å². The molecule has 3 aromatic rings. The zero-order chi connectivity index (χ0) is 20.1. The topological polar surface area (TPSA) is 62.4 Å². The number of amides is 1. The Labute approximate surface area is 168 Å². The molecule has 0 radical (unpaired) electrons. The molecule has 0 bridgehead atoms. The fourth-order valence-corrected chi connectivity index (χ4v) is 3.05. The van der Waals surface area contributed by atoms with Gasteiger partial charge < -0.3 is 10.1 Å². The van der Waals surface area contributed by atoms with Gasteiger partial charge in [0, 0.05) is 11.3 Å². The lowest BCUT2D eigenvalue weighted by Gasteiger charge is -2.26. The van der Waals surface area contributed by atoms with E-state index in [1.165, 1.54) is 12.1 Å². The number of hydrogen-bond acceptors (Lipinski definition) is 4. The molecule has 6 heteroatoms. The van der Waals surface area contributed by atoms with Crippen LogP contribution in [0.15, 0.2) is 84.9 Å². The molecule has 1 amide bonds. The molecule has 4 rings (SSSR count). The van der Waals surface area contributed by atoms with Gasteiger partial charge in [0.05, 0.1) is 12.2 Å². The minimum atomic E-state index is -0.320. The molecule has 1 atom stereocenters. The first-order chi connectivity index (χ1) is 14.2. The maximum Gasteiger partial charge on any atom is 0.257 e. The highest BCUT2D eigenvalue weighted by Crippen LogP contribution is 2.35. The number of hydrazine groups is 1. The minimum absolute atomic E-state index is 0.0478. The first-order valence-corrected chi connectivity index (χ1v) is 9.26. The largest absolute Gasteiger partial charge is 0.481 e. The average molecular weight is 389 g/mol. The molecular weight excluding hydrogens is 369 g/mol. The molecule has 146 valence electrons. The van der Waals surface area contributed by atoms with Gasteiger partial charge in [0.15, 0.2) is 0 Å². The molecule has 1 aliphatic rings. The zero-order valence-electron chi connectivity index (χ0n) is 15.6. The van der Waals surface area contributed by atoms with Crippen molar-refractivity contribution in [3.63, 3.8) is 0 Å². The fourth-order valence-electron chi connectivity index (χ4n) is 3.05. The normalized spacial score (nSPS) is 14.8. The van der Waals surface area contributed by atoms with Crippen LogP contribution in [0.5, 0.6) is 5.75 Å². The Morgan fingerprint density at radius 1 is 0.931 bits per heavy atom. The average Bonchev–Trinajstić information content (AvgIpc) is 2.77. The predicted molar refractivity (Wildman–Crippen MR) is 110 cm³/mol. The second-order valence-electron chi connectivity index (χ2n) is 6.56. The molecule has 0 fully saturated rings. The van der Waals surface area contributed by atoms with Crippen LogP contribution in [0.2, 0.25) is 0 Å². The van der Waals surface area contributed by atoms with Crippen LogP contribution in [0.3, 0.4) is 0 Å². The summed E-state index contributed by atoms with van der Waals surface area (Å²) in [5.74, 6) is 0.167. The lowest BCUT2D eigenvalue weighted by atomic mass is 10.0. The molecule has 1 aliphatic heterocycles. The lowest BCUT2D eigenvalue weighted by molar-refractivity contribution is -0.120. The van der Waals surface area contributed by atoms with Crippen molar-refractivity contribution in [1.82, 2.24) is 10.9 Å². The highest BCUT2D eigenvalue weighted by molar-refractivity contribution is 5.82. The van der Waals surface area contributed by atoms with Gasteiger partial charge in [0.2, 0.25) is 0 Å². The van der Waals surface area contributed by atoms with Crippen molar-refractivity contribution >= 4 is 17.3 Å². The Morgan fingerprint density at radius 2 is 1.66 bits per heavy atom. The molecule has 0 saturated carbocycles. The molecule has 0 aromatic heterocycles. The van der Waals surface area contributed by atoms with Crippen LogP contribution in [0, 0.1) is 5.82 Å². The summed E-state index contributed by atoms with van der Waals surface area (Å²) < 4.78 is 19.1. The lowest BCUT2D eigenvalue weighted by Crippen LogP contribution is -2.40. The summed E-state index contributed by atoms with van der Waals surface area (Å²) in [4.78, 5) is 12.2. The number of benzene rings is 3. The van der Waals surface area contributed by atoms with E-state index in [4.69, 9.17) is 4.74 Å². The van der Waals surface area contributed by atoms with E-state index < -0.39 is 0 Å². The summed E-state index contributed by atoms with van der Waals surface area (Å²) in [6.07, 6.45) is 1.67. The van der Waals surface area contributed by atoms with E-state index in [0.29, 0.717) is 5.69 Å². The summed E-state index contributed by atoms with van der Waals surface area (Å²) in [5.41, 5.74) is 9.02. The number of carbonyl (C=O) groups is 1. The summed E-state index contributed by atoms with van der Waals surface area (Å²) in [5, 5.41) is 2.95. The third-order valence-corrected chi connectivity index (χ3v) is 4.51. The third-order valence-electron chi connectivity index (χ3n) is 4.51. The minimum Gasteiger partial charge on any atom is -0.481 e. The molecule has 1 heterocycles. The molecular formula is C23H20FN3O2. The number of rotatable bonds is 6. The summed E-state index contributed by atoms with van der Waals surface area (Å²) in [6.45, 7) is 0.0478. The van der Waals surface area contributed by atoms with Crippen LogP contribution >= 0.6 is 0 Å². The van der Waals surface area contributed by atoms with Crippen molar-refractivity contribution < 1.29 is 13.9 Å². The number of anilines is 1. The number of para-hydroxylation sites is 1. The van der Waals surface area contributed by atoms with Crippen LogP contribution in [-0.4, -0.2) is 12.5 Å². The predicted octanol–water partition coefficient (Wildman–Crippen LogP) is 4.03. The SMILES string of the molecule is O=C(CNc1ccc(F)cc1)NNC1=C[C@@H](c2ccccc2)Oc2ccccc21. The van der Waals surface area contributed by atoms with Gasteiger partial charge in [-0.25, -0.2) is 4.39 Å². The van der Waals surface area contributed by atoms with Gasteiger partial charge in [0.1, 0.15) is 17.7 Å². The summed E-state index contributed by atoms with van der Waals surface area (Å²) >= 11 is 0. The maximum atomic E-state index is 13.0. The van der Waals surface area contributed by atoms with Crippen LogP contribution in [0.1, 0.15) is 17.2 Å². The van der Waals surface area contributed by atoms with Crippen LogP contribution in [0.25, 0.3) is 5.70 Å². The standard InChI is InChI=1S/C23H20FN3O2/c24-17-10-12-18(13-11-17)25-15-23(28)27-26-20-14-22(16-6-2-1-3-7-16)29-21-9-5-4-8-19(20)21/h1-14,22,25-26H,15H2,(H,27,28)/t22-/m0/s1. The number of fused-ring (bicyclic) bond motifs is 1. The molecule has 5 nitrogen and oxygen atoms in total. The summed E-state index contributed by atoms with van der Waals surface area (Å²) in [6, 6.07) is 23.4. The smallest absolute Gasteiger partial charge is 0.257 e. The van der Waals surface area contributed by atoms with E-state index in [1.807, 2.05) is 60.7 Å². The number of carbonyl (C=O) groups excluding carboxylic acids is 1.